The highest BCUT2D eigenvalue weighted by Crippen LogP contribution is 2.46. The minimum Gasteiger partial charge on any atom is -0.480 e. The minimum absolute atomic E-state index is 0.354. The molecule has 1 amide bonds. The number of nitrogens with one attached hydrogen (secondary N) is 2. The quantitative estimate of drug-likeness (QED) is 0.735. The lowest BCUT2D eigenvalue weighted by Gasteiger charge is -2.10. The molecule has 1 aliphatic rings. The fraction of sp³-hybridized carbons (Fsp3) is 0.375. The summed E-state index contributed by atoms with van der Waals surface area (Å²) in [5, 5.41) is 13.0. The molecule has 3 N–H and O–H groups in total. The van der Waals surface area contributed by atoms with Gasteiger partial charge in [-0.05, 0) is 37.8 Å². The van der Waals surface area contributed by atoms with E-state index in [2.05, 4.69) is 16.4 Å². The highest BCUT2D eigenvalue weighted by molar-refractivity contribution is 6.04. The van der Waals surface area contributed by atoms with Crippen LogP contribution in [0, 0.1) is 12.3 Å². The number of hydrogen-bond acceptors (Lipinski definition) is 2. The lowest BCUT2D eigenvalue weighted by molar-refractivity contribution is -0.149. The number of benzene rings is 1. The second-order valence-corrected chi connectivity index (χ2v) is 5.67. The Balaban J connectivity index is 1.66. The molecule has 1 aliphatic carbocycles. The Morgan fingerprint density at radius 3 is 2.71 bits per heavy atom. The first-order chi connectivity index (χ1) is 10.0. The molecule has 1 heterocycles. The van der Waals surface area contributed by atoms with Gasteiger partial charge in [0.15, 0.2) is 0 Å². The molecule has 0 unspecified atom stereocenters. The van der Waals surface area contributed by atoms with E-state index in [4.69, 9.17) is 5.11 Å². The third kappa shape index (κ3) is 2.28. The molecule has 110 valence electrons. The highest BCUT2D eigenvalue weighted by atomic mass is 16.4. The number of carbonyl (C=O) groups is 2. The molecular formula is C16H18N2O3. The molecule has 3 rings (SSSR count). The lowest BCUT2D eigenvalue weighted by atomic mass is 10.1. The van der Waals surface area contributed by atoms with Gasteiger partial charge in [-0.3, -0.25) is 9.59 Å². The average molecular weight is 286 g/mol. The number of carboxylic acids is 1. The second kappa shape index (κ2) is 4.91. The molecule has 5 heteroatoms. The Labute approximate surface area is 122 Å². The van der Waals surface area contributed by atoms with Crippen LogP contribution in [0.3, 0.4) is 0 Å². The zero-order chi connectivity index (χ0) is 15.0. The van der Waals surface area contributed by atoms with E-state index in [0.29, 0.717) is 25.8 Å². The van der Waals surface area contributed by atoms with Crippen molar-refractivity contribution in [3.63, 3.8) is 0 Å². The van der Waals surface area contributed by atoms with Crippen molar-refractivity contribution in [3.8, 4) is 0 Å². The molecule has 0 saturated heterocycles. The second-order valence-electron chi connectivity index (χ2n) is 5.67. The molecular weight excluding hydrogens is 268 g/mol. The van der Waals surface area contributed by atoms with Crippen molar-refractivity contribution in [1.82, 2.24) is 10.3 Å². The maximum absolute atomic E-state index is 11.9. The van der Waals surface area contributed by atoms with Gasteiger partial charge in [-0.2, -0.15) is 0 Å². The third-order valence-electron chi connectivity index (χ3n) is 4.28. The van der Waals surface area contributed by atoms with Gasteiger partial charge in [-0.15, -0.1) is 0 Å². The Kier molecular flexibility index (Phi) is 3.20. The zero-order valence-corrected chi connectivity index (χ0v) is 11.9. The lowest BCUT2D eigenvalue weighted by Crippen LogP contribution is -2.37. The van der Waals surface area contributed by atoms with Crippen LogP contribution in [0.25, 0.3) is 10.9 Å². The summed E-state index contributed by atoms with van der Waals surface area (Å²) in [6.45, 7) is 2.47. The fourth-order valence-electron chi connectivity index (χ4n) is 2.79. The van der Waals surface area contributed by atoms with E-state index in [1.54, 1.807) is 0 Å². The number of carbonyl (C=O) groups excluding carboxylic acids is 1. The SMILES string of the molecule is Cc1[nH]c2ccccc2c1CCNC(=O)C1(C(=O)O)CC1. The maximum atomic E-state index is 11.9. The van der Waals surface area contributed by atoms with Crippen LogP contribution >= 0.6 is 0 Å². The van der Waals surface area contributed by atoms with Gasteiger partial charge in [0.25, 0.3) is 0 Å². The van der Waals surface area contributed by atoms with E-state index in [1.807, 2.05) is 25.1 Å². The van der Waals surface area contributed by atoms with Crippen LogP contribution in [0.2, 0.25) is 0 Å². The van der Waals surface area contributed by atoms with Crippen molar-refractivity contribution in [3.05, 3.63) is 35.5 Å². The van der Waals surface area contributed by atoms with E-state index < -0.39 is 11.4 Å². The van der Waals surface area contributed by atoms with Gasteiger partial charge in [0.2, 0.25) is 5.91 Å². The number of hydrogen-bond donors (Lipinski definition) is 3. The normalized spacial score (nSPS) is 15.9. The molecule has 1 saturated carbocycles. The van der Waals surface area contributed by atoms with Crippen molar-refractivity contribution in [2.24, 2.45) is 5.41 Å². The molecule has 0 radical (unpaired) electrons. The molecule has 1 fully saturated rings. The summed E-state index contributed by atoms with van der Waals surface area (Å²) in [5.41, 5.74) is 2.19. The third-order valence-corrected chi connectivity index (χ3v) is 4.28. The number of carboxylic acid groups (broad SMARTS) is 1. The predicted octanol–water partition coefficient (Wildman–Crippen LogP) is 2.00. The number of amides is 1. The van der Waals surface area contributed by atoms with Crippen molar-refractivity contribution in [1.29, 1.82) is 0 Å². The summed E-state index contributed by atoms with van der Waals surface area (Å²) >= 11 is 0. The van der Waals surface area contributed by atoms with Gasteiger partial charge in [-0.1, -0.05) is 18.2 Å². The van der Waals surface area contributed by atoms with Gasteiger partial charge in [0, 0.05) is 23.1 Å². The number of para-hydroxylation sites is 1. The molecule has 1 aromatic carbocycles. The Morgan fingerprint density at radius 1 is 1.33 bits per heavy atom. The molecule has 21 heavy (non-hydrogen) atoms. The fourth-order valence-corrected chi connectivity index (χ4v) is 2.79. The molecule has 2 aromatic rings. The van der Waals surface area contributed by atoms with Crippen molar-refractivity contribution in [2.45, 2.75) is 26.2 Å². The van der Waals surface area contributed by atoms with Crippen molar-refractivity contribution in [2.75, 3.05) is 6.54 Å². The van der Waals surface area contributed by atoms with Crippen LogP contribution in [-0.4, -0.2) is 28.5 Å². The topological polar surface area (TPSA) is 82.2 Å². The van der Waals surface area contributed by atoms with E-state index in [-0.39, 0.29) is 5.91 Å². The van der Waals surface area contributed by atoms with Gasteiger partial charge in [0.05, 0.1) is 0 Å². The molecule has 0 aliphatic heterocycles. The van der Waals surface area contributed by atoms with E-state index >= 15 is 0 Å². The van der Waals surface area contributed by atoms with Crippen LogP contribution in [0.5, 0.6) is 0 Å². The summed E-state index contributed by atoms with van der Waals surface area (Å²) in [7, 11) is 0. The van der Waals surface area contributed by atoms with E-state index in [1.165, 1.54) is 5.56 Å². The van der Waals surface area contributed by atoms with E-state index in [0.717, 1.165) is 16.6 Å². The first-order valence-corrected chi connectivity index (χ1v) is 7.12. The van der Waals surface area contributed by atoms with Crippen molar-refractivity contribution >= 4 is 22.8 Å². The van der Waals surface area contributed by atoms with Crippen LogP contribution in [0.4, 0.5) is 0 Å². The average Bonchev–Trinajstić information content (AvgIpc) is 3.20. The number of aliphatic carboxylic acids is 1. The Hall–Kier alpha value is -2.30. The zero-order valence-electron chi connectivity index (χ0n) is 11.9. The summed E-state index contributed by atoms with van der Waals surface area (Å²) < 4.78 is 0. The largest absolute Gasteiger partial charge is 0.480 e. The highest BCUT2D eigenvalue weighted by Gasteiger charge is 2.56. The molecule has 0 spiro atoms. The molecule has 1 aromatic heterocycles. The number of aryl methyl sites for hydroxylation is 1. The number of fused-ring (bicyclic) bond motifs is 1. The first-order valence-electron chi connectivity index (χ1n) is 7.12. The van der Waals surface area contributed by atoms with Crippen molar-refractivity contribution < 1.29 is 14.7 Å². The maximum Gasteiger partial charge on any atom is 0.319 e. The smallest absolute Gasteiger partial charge is 0.319 e. The van der Waals surface area contributed by atoms with Crippen LogP contribution in [-0.2, 0) is 16.0 Å². The van der Waals surface area contributed by atoms with Gasteiger partial charge >= 0.3 is 5.97 Å². The predicted molar refractivity (Wildman–Crippen MR) is 79.1 cm³/mol. The van der Waals surface area contributed by atoms with E-state index in [9.17, 15) is 9.59 Å². The summed E-state index contributed by atoms with van der Waals surface area (Å²) in [5.74, 6) is -1.37. The first kappa shape index (κ1) is 13.7. The molecule has 5 nitrogen and oxygen atoms in total. The van der Waals surface area contributed by atoms with Crippen LogP contribution in [0.1, 0.15) is 24.1 Å². The number of H-pyrrole nitrogens is 1. The molecule has 0 atom stereocenters. The number of aromatic amines is 1. The van der Waals surface area contributed by atoms with Gasteiger partial charge < -0.3 is 15.4 Å². The summed E-state index contributed by atoms with van der Waals surface area (Å²) in [6, 6.07) is 8.04. The summed E-state index contributed by atoms with van der Waals surface area (Å²) in [4.78, 5) is 26.3. The number of rotatable bonds is 5. The monoisotopic (exact) mass is 286 g/mol. The summed E-state index contributed by atoms with van der Waals surface area (Å²) in [6.07, 6.45) is 1.58. The van der Waals surface area contributed by atoms with Gasteiger partial charge in [0.1, 0.15) is 5.41 Å². The molecule has 0 bridgehead atoms. The van der Waals surface area contributed by atoms with Crippen LogP contribution < -0.4 is 5.32 Å². The van der Waals surface area contributed by atoms with Crippen LogP contribution in [0.15, 0.2) is 24.3 Å². The standard InChI is InChI=1S/C16H18N2O3/c1-10-11(12-4-2-3-5-13(12)18-10)6-9-17-14(19)16(7-8-16)15(20)21/h2-5,18H,6-9H2,1H3,(H,17,19)(H,20,21). The van der Waals surface area contributed by atoms with Gasteiger partial charge in [-0.25, -0.2) is 0 Å². The minimum atomic E-state index is -1.16. The number of aromatic nitrogens is 1. The Morgan fingerprint density at radius 2 is 2.05 bits per heavy atom. The Bertz CT molecular complexity index is 713.